The number of methoxy groups -OCH3 is 1. The number of ether oxygens (including phenoxy) is 1. The molecule has 0 unspecified atom stereocenters. The number of benzene rings is 1. The van der Waals surface area contributed by atoms with Gasteiger partial charge in [-0.15, -0.1) is 5.10 Å². The van der Waals surface area contributed by atoms with Gasteiger partial charge < -0.3 is 15.8 Å². The summed E-state index contributed by atoms with van der Waals surface area (Å²) in [6.07, 6.45) is 1.54. The van der Waals surface area contributed by atoms with E-state index in [2.05, 4.69) is 31.4 Å². The lowest BCUT2D eigenvalue weighted by atomic mass is 10.2. The third-order valence-corrected chi connectivity index (χ3v) is 3.11. The van der Waals surface area contributed by atoms with Gasteiger partial charge in [0.1, 0.15) is 10.7 Å². The fraction of sp³-hybridized carbons (Fsp3) is 0.0833. The van der Waals surface area contributed by atoms with Gasteiger partial charge in [0.25, 0.3) is 0 Å². The van der Waals surface area contributed by atoms with E-state index in [0.717, 1.165) is 10.2 Å². The van der Waals surface area contributed by atoms with E-state index >= 15 is 0 Å². The number of halogens is 1. The van der Waals surface area contributed by atoms with Crippen molar-refractivity contribution in [2.24, 2.45) is 5.73 Å². The normalized spacial score (nSPS) is 10.0. The quantitative estimate of drug-likeness (QED) is 0.835. The van der Waals surface area contributed by atoms with Crippen LogP contribution < -0.4 is 15.8 Å². The van der Waals surface area contributed by atoms with E-state index in [9.17, 15) is 0 Å². The van der Waals surface area contributed by atoms with Crippen LogP contribution in [0.15, 0.2) is 34.9 Å². The third-order valence-electron chi connectivity index (χ3n) is 2.40. The zero-order chi connectivity index (χ0) is 13.8. The molecule has 0 saturated heterocycles. The van der Waals surface area contributed by atoms with Crippen molar-refractivity contribution < 1.29 is 4.74 Å². The summed E-state index contributed by atoms with van der Waals surface area (Å²) in [5.74, 6) is 1.18. The summed E-state index contributed by atoms with van der Waals surface area (Å²) in [5.41, 5.74) is 7.03. The lowest BCUT2D eigenvalue weighted by Gasteiger charge is -2.12. The monoisotopic (exact) mass is 338 g/mol. The number of hydrogen-bond donors (Lipinski definition) is 2. The minimum atomic E-state index is 0.256. The summed E-state index contributed by atoms with van der Waals surface area (Å²) in [5, 5.41) is 10.9. The van der Waals surface area contributed by atoms with Crippen LogP contribution in [0.1, 0.15) is 5.56 Å². The predicted octanol–water partition coefficient (Wildman–Crippen LogP) is 2.63. The number of thiocarbonyl (C=S) groups is 1. The zero-order valence-electron chi connectivity index (χ0n) is 10.1. The van der Waals surface area contributed by atoms with Crippen molar-refractivity contribution in [3.05, 3.63) is 40.5 Å². The average molecular weight is 339 g/mol. The molecule has 0 saturated carbocycles. The molecule has 7 heteroatoms. The first kappa shape index (κ1) is 13.7. The summed E-state index contributed by atoms with van der Waals surface area (Å²) in [6.45, 7) is 0. The molecule has 1 aromatic heterocycles. The standard InChI is InChI=1S/C12H11BrN4OS/c1-18-10-3-2-7(13)6-9(10)16-12-8(11(14)19)4-5-15-17-12/h2-6H,1H3,(H2,14,19)(H,16,17). The van der Waals surface area contributed by atoms with Crippen LogP contribution in [-0.2, 0) is 0 Å². The Morgan fingerprint density at radius 2 is 2.21 bits per heavy atom. The van der Waals surface area contributed by atoms with E-state index in [1.807, 2.05) is 18.2 Å². The van der Waals surface area contributed by atoms with Crippen molar-refractivity contribution in [3.63, 3.8) is 0 Å². The summed E-state index contributed by atoms with van der Waals surface area (Å²) >= 11 is 8.39. The maximum Gasteiger partial charge on any atom is 0.163 e. The highest BCUT2D eigenvalue weighted by Gasteiger charge is 2.10. The Labute approximate surface area is 124 Å². The predicted molar refractivity (Wildman–Crippen MR) is 81.9 cm³/mol. The molecule has 2 aromatic rings. The van der Waals surface area contributed by atoms with E-state index in [4.69, 9.17) is 22.7 Å². The lowest BCUT2D eigenvalue weighted by molar-refractivity contribution is 0.416. The second kappa shape index (κ2) is 5.94. The molecule has 0 aliphatic heterocycles. The van der Waals surface area contributed by atoms with E-state index < -0.39 is 0 Å². The Kier molecular flexibility index (Phi) is 4.28. The molecule has 2 rings (SSSR count). The number of nitrogens with zero attached hydrogens (tertiary/aromatic N) is 2. The molecule has 98 valence electrons. The molecule has 0 radical (unpaired) electrons. The summed E-state index contributed by atoms with van der Waals surface area (Å²) in [4.78, 5) is 0.256. The van der Waals surface area contributed by atoms with E-state index in [1.54, 1.807) is 13.2 Å². The van der Waals surface area contributed by atoms with Crippen molar-refractivity contribution in [2.45, 2.75) is 0 Å². The first-order valence-electron chi connectivity index (χ1n) is 5.34. The SMILES string of the molecule is COc1ccc(Br)cc1Nc1nnccc1C(N)=S. The Balaban J connectivity index is 2.41. The molecule has 0 spiro atoms. The first-order valence-corrected chi connectivity index (χ1v) is 6.54. The van der Waals surface area contributed by atoms with Crippen molar-refractivity contribution in [3.8, 4) is 5.75 Å². The number of nitrogens with two attached hydrogens (primary N) is 1. The van der Waals surface area contributed by atoms with Gasteiger partial charge in [0.2, 0.25) is 0 Å². The van der Waals surface area contributed by atoms with Gasteiger partial charge in [0.05, 0.1) is 24.6 Å². The van der Waals surface area contributed by atoms with Crippen LogP contribution in [-0.4, -0.2) is 22.3 Å². The van der Waals surface area contributed by atoms with Crippen LogP contribution in [0, 0.1) is 0 Å². The highest BCUT2D eigenvalue weighted by Crippen LogP contribution is 2.30. The van der Waals surface area contributed by atoms with Crippen LogP contribution in [0.2, 0.25) is 0 Å². The van der Waals surface area contributed by atoms with Gasteiger partial charge in [0, 0.05) is 4.47 Å². The van der Waals surface area contributed by atoms with Crippen LogP contribution >= 0.6 is 28.1 Å². The fourth-order valence-electron chi connectivity index (χ4n) is 1.53. The van der Waals surface area contributed by atoms with Gasteiger partial charge >= 0.3 is 0 Å². The maximum absolute atomic E-state index is 5.65. The van der Waals surface area contributed by atoms with Crippen molar-refractivity contribution in [1.82, 2.24) is 10.2 Å². The summed E-state index contributed by atoms with van der Waals surface area (Å²) < 4.78 is 6.19. The molecule has 0 fully saturated rings. The molecule has 3 N–H and O–H groups in total. The molecule has 0 bridgehead atoms. The molecule has 1 aromatic carbocycles. The van der Waals surface area contributed by atoms with Gasteiger partial charge in [-0.25, -0.2) is 0 Å². The van der Waals surface area contributed by atoms with Crippen molar-refractivity contribution in [1.29, 1.82) is 0 Å². The second-order valence-electron chi connectivity index (χ2n) is 3.63. The van der Waals surface area contributed by atoms with Crippen molar-refractivity contribution in [2.75, 3.05) is 12.4 Å². The molecular formula is C12H11BrN4OS. The smallest absolute Gasteiger partial charge is 0.163 e. The van der Waals surface area contributed by atoms with Crippen molar-refractivity contribution >= 4 is 44.6 Å². The summed E-state index contributed by atoms with van der Waals surface area (Å²) in [7, 11) is 1.60. The largest absolute Gasteiger partial charge is 0.495 e. The fourth-order valence-corrected chi connectivity index (χ4v) is 2.05. The number of anilines is 2. The van der Waals surface area contributed by atoms with Crippen LogP contribution in [0.3, 0.4) is 0 Å². The minimum Gasteiger partial charge on any atom is -0.495 e. The summed E-state index contributed by atoms with van der Waals surface area (Å²) in [6, 6.07) is 7.30. The molecule has 0 amide bonds. The van der Waals surface area contributed by atoms with Crippen LogP contribution in [0.25, 0.3) is 0 Å². The molecule has 5 nitrogen and oxygen atoms in total. The Hall–Kier alpha value is -1.73. The highest BCUT2D eigenvalue weighted by molar-refractivity contribution is 9.10. The number of nitrogens with one attached hydrogen (secondary N) is 1. The topological polar surface area (TPSA) is 73.1 Å². The molecular weight excluding hydrogens is 328 g/mol. The van der Waals surface area contributed by atoms with Gasteiger partial charge in [0.15, 0.2) is 5.82 Å². The van der Waals surface area contributed by atoms with Gasteiger partial charge in [-0.05, 0) is 24.3 Å². The number of aromatic nitrogens is 2. The average Bonchev–Trinajstić information content (AvgIpc) is 2.39. The number of hydrogen-bond acceptors (Lipinski definition) is 5. The molecule has 0 atom stereocenters. The van der Waals surface area contributed by atoms with E-state index in [1.165, 1.54) is 6.20 Å². The third kappa shape index (κ3) is 3.18. The second-order valence-corrected chi connectivity index (χ2v) is 4.98. The highest BCUT2D eigenvalue weighted by atomic mass is 79.9. The molecule has 1 heterocycles. The Morgan fingerprint density at radius 3 is 2.89 bits per heavy atom. The zero-order valence-corrected chi connectivity index (χ0v) is 12.5. The van der Waals surface area contributed by atoms with Crippen LogP contribution in [0.5, 0.6) is 5.75 Å². The Morgan fingerprint density at radius 1 is 1.42 bits per heavy atom. The molecule has 19 heavy (non-hydrogen) atoms. The van der Waals surface area contributed by atoms with Crippen LogP contribution in [0.4, 0.5) is 11.5 Å². The maximum atomic E-state index is 5.65. The molecule has 0 aliphatic carbocycles. The van der Waals surface area contributed by atoms with E-state index in [-0.39, 0.29) is 4.99 Å². The Bertz CT molecular complexity index is 620. The first-order chi connectivity index (χ1) is 9.11. The van der Waals surface area contributed by atoms with E-state index in [0.29, 0.717) is 17.1 Å². The minimum absolute atomic E-state index is 0.256. The molecule has 0 aliphatic rings. The van der Waals surface area contributed by atoms with Gasteiger partial charge in [-0.3, -0.25) is 0 Å². The number of rotatable bonds is 4. The lowest BCUT2D eigenvalue weighted by Crippen LogP contribution is -2.13. The van der Waals surface area contributed by atoms with Gasteiger partial charge in [-0.1, -0.05) is 28.1 Å². The van der Waals surface area contributed by atoms with Gasteiger partial charge in [-0.2, -0.15) is 5.10 Å².